The SMILES string of the molecule is C[C@H]1C[C@@H](OCc2c(-c3c(Cl)cccc3Cl)noc2C2CC2)CCN1C(=O)OC(C)(C)C. The minimum atomic E-state index is -0.506. The Morgan fingerprint density at radius 2 is 1.91 bits per heavy atom. The van der Waals surface area contributed by atoms with Crippen LogP contribution >= 0.6 is 23.2 Å². The van der Waals surface area contributed by atoms with Gasteiger partial charge in [0.1, 0.15) is 17.1 Å². The smallest absolute Gasteiger partial charge is 0.410 e. The van der Waals surface area contributed by atoms with E-state index in [1.165, 1.54) is 0 Å². The Morgan fingerprint density at radius 3 is 2.50 bits per heavy atom. The predicted molar refractivity (Wildman–Crippen MR) is 124 cm³/mol. The van der Waals surface area contributed by atoms with Crippen molar-refractivity contribution in [3.63, 3.8) is 0 Å². The number of carbonyl (C=O) groups excluding carboxylic acids is 1. The van der Waals surface area contributed by atoms with Crippen LogP contribution in [0.15, 0.2) is 22.7 Å². The Balaban J connectivity index is 1.46. The van der Waals surface area contributed by atoms with Crippen LogP contribution in [0.2, 0.25) is 10.0 Å². The number of amides is 1. The fourth-order valence-corrected chi connectivity index (χ4v) is 4.70. The first-order valence-corrected chi connectivity index (χ1v) is 11.9. The van der Waals surface area contributed by atoms with Crippen LogP contribution in [0.5, 0.6) is 0 Å². The third kappa shape index (κ3) is 5.24. The lowest BCUT2D eigenvalue weighted by atomic mass is 10.0. The molecule has 0 bridgehead atoms. The second-order valence-electron chi connectivity index (χ2n) is 9.73. The van der Waals surface area contributed by atoms with E-state index in [0.29, 0.717) is 40.4 Å². The minimum absolute atomic E-state index is 0.0280. The van der Waals surface area contributed by atoms with Crippen LogP contribution in [0.3, 0.4) is 0 Å². The van der Waals surface area contributed by atoms with E-state index in [1.807, 2.05) is 33.8 Å². The van der Waals surface area contributed by atoms with Crippen molar-refractivity contribution in [2.45, 2.75) is 83.6 Å². The van der Waals surface area contributed by atoms with E-state index >= 15 is 0 Å². The van der Waals surface area contributed by atoms with Crippen molar-refractivity contribution in [3.05, 3.63) is 39.6 Å². The third-order valence-corrected chi connectivity index (χ3v) is 6.52. The summed E-state index contributed by atoms with van der Waals surface area (Å²) in [5, 5.41) is 5.40. The van der Waals surface area contributed by atoms with Crippen LogP contribution in [0, 0.1) is 0 Å². The Labute approximate surface area is 199 Å². The van der Waals surface area contributed by atoms with Gasteiger partial charge in [0.2, 0.25) is 0 Å². The molecule has 1 amide bonds. The first-order valence-electron chi connectivity index (χ1n) is 11.2. The minimum Gasteiger partial charge on any atom is -0.444 e. The zero-order valence-electron chi connectivity index (χ0n) is 19.0. The second-order valence-corrected chi connectivity index (χ2v) is 10.5. The first kappa shape index (κ1) is 23.4. The molecule has 32 heavy (non-hydrogen) atoms. The van der Waals surface area contributed by atoms with Gasteiger partial charge in [0.15, 0.2) is 0 Å². The van der Waals surface area contributed by atoms with Crippen molar-refractivity contribution in [1.82, 2.24) is 10.1 Å². The Kier molecular flexibility index (Phi) is 6.76. The molecule has 0 spiro atoms. The summed E-state index contributed by atoms with van der Waals surface area (Å²) in [6, 6.07) is 5.44. The largest absolute Gasteiger partial charge is 0.444 e. The summed E-state index contributed by atoms with van der Waals surface area (Å²) in [5.41, 5.74) is 1.75. The highest BCUT2D eigenvalue weighted by Crippen LogP contribution is 2.46. The molecular weight excluding hydrogens is 451 g/mol. The molecule has 1 aliphatic carbocycles. The van der Waals surface area contributed by atoms with Gasteiger partial charge in [0.05, 0.1) is 22.8 Å². The highest BCUT2D eigenvalue weighted by molar-refractivity contribution is 6.39. The van der Waals surface area contributed by atoms with E-state index in [-0.39, 0.29) is 18.2 Å². The van der Waals surface area contributed by atoms with Crippen molar-refractivity contribution < 1.29 is 18.8 Å². The lowest BCUT2D eigenvalue weighted by Gasteiger charge is -2.38. The summed E-state index contributed by atoms with van der Waals surface area (Å²) in [6.07, 6.45) is 3.42. The monoisotopic (exact) mass is 480 g/mol. The lowest BCUT2D eigenvalue weighted by molar-refractivity contribution is -0.0331. The molecule has 0 unspecified atom stereocenters. The van der Waals surface area contributed by atoms with E-state index in [2.05, 4.69) is 5.16 Å². The van der Waals surface area contributed by atoms with Gasteiger partial charge in [-0.3, -0.25) is 0 Å². The maximum Gasteiger partial charge on any atom is 0.410 e. The second kappa shape index (κ2) is 9.24. The molecular formula is C24H30Cl2N2O4. The quantitative estimate of drug-likeness (QED) is 0.468. The van der Waals surface area contributed by atoms with Gasteiger partial charge < -0.3 is 18.9 Å². The Morgan fingerprint density at radius 1 is 1.22 bits per heavy atom. The summed E-state index contributed by atoms with van der Waals surface area (Å²) in [5.74, 6) is 1.25. The molecule has 2 aliphatic rings. The number of likely N-dealkylation sites (tertiary alicyclic amines) is 1. The van der Waals surface area contributed by atoms with Crippen molar-refractivity contribution in [2.75, 3.05) is 6.54 Å². The zero-order valence-corrected chi connectivity index (χ0v) is 20.5. The zero-order chi connectivity index (χ0) is 23.0. The van der Waals surface area contributed by atoms with Gasteiger partial charge in [-0.05, 0) is 65.5 Å². The Bertz CT molecular complexity index is 961. The van der Waals surface area contributed by atoms with Crippen LogP contribution in [0.25, 0.3) is 11.3 Å². The number of aromatic nitrogens is 1. The maximum atomic E-state index is 12.5. The molecule has 174 valence electrons. The standard InChI is InChI=1S/C24H30Cl2N2O4/c1-14-12-16(10-11-28(14)23(29)31-24(2,3)4)30-13-17-21(27-32-22(17)15-8-9-15)20-18(25)6-5-7-19(20)26/h5-7,14-16H,8-13H2,1-4H3/t14-,16-/m0/s1. The van der Waals surface area contributed by atoms with Gasteiger partial charge in [-0.1, -0.05) is 34.4 Å². The maximum absolute atomic E-state index is 12.5. The summed E-state index contributed by atoms with van der Waals surface area (Å²) >= 11 is 12.9. The van der Waals surface area contributed by atoms with Gasteiger partial charge in [-0.15, -0.1) is 0 Å². The molecule has 1 saturated heterocycles. The van der Waals surface area contributed by atoms with Crippen molar-refractivity contribution >= 4 is 29.3 Å². The number of benzene rings is 1. The normalized spacial score (nSPS) is 21.6. The molecule has 6 nitrogen and oxygen atoms in total. The number of hydrogen-bond acceptors (Lipinski definition) is 5. The third-order valence-electron chi connectivity index (χ3n) is 5.89. The number of rotatable bonds is 5. The highest BCUT2D eigenvalue weighted by atomic mass is 35.5. The van der Waals surface area contributed by atoms with E-state index in [9.17, 15) is 4.79 Å². The number of hydrogen-bond donors (Lipinski definition) is 0. The molecule has 1 aliphatic heterocycles. The average Bonchev–Trinajstić information content (AvgIpc) is 3.46. The van der Waals surface area contributed by atoms with Gasteiger partial charge >= 0.3 is 6.09 Å². The number of ether oxygens (including phenoxy) is 2. The average molecular weight is 481 g/mol. The molecule has 1 aromatic carbocycles. The van der Waals surface area contributed by atoms with Gasteiger partial charge in [0.25, 0.3) is 0 Å². The molecule has 4 rings (SSSR count). The summed E-state index contributed by atoms with van der Waals surface area (Å²) < 4.78 is 17.6. The summed E-state index contributed by atoms with van der Waals surface area (Å²) in [7, 11) is 0. The van der Waals surface area contributed by atoms with Crippen molar-refractivity contribution in [2.24, 2.45) is 0 Å². The topological polar surface area (TPSA) is 64.8 Å². The molecule has 8 heteroatoms. The van der Waals surface area contributed by atoms with Gasteiger partial charge in [0, 0.05) is 29.6 Å². The number of carbonyl (C=O) groups is 1. The highest BCUT2D eigenvalue weighted by Gasteiger charge is 2.35. The van der Waals surface area contributed by atoms with Crippen molar-refractivity contribution in [3.8, 4) is 11.3 Å². The van der Waals surface area contributed by atoms with E-state index < -0.39 is 5.60 Å². The van der Waals surface area contributed by atoms with E-state index in [1.54, 1.807) is 17.0 Å². The fourth-order valence-electron chi connectivity index (χ4n) is 4.12. The van der Waals surface area contributed by atoms with Crippen LogP contribution < -0.4 is 0 Å². The van der Waals surface area contributed by atoms with Gasteiger partial charge in [-0.25, -0.2) is 4.79 Å². The molecule has 1 saturated carbocycles. The number of nitrogens with zero attached hydrogens (tertiary/aromatic N) is 2. The lowest BCUT2D eigenvalue weighted by Crippen LogP contribution is -2.48. The van der Waals surface area contributed by atoms with E-state index in [0.717, 1.165) is 37.0 Å². The molecule has 1 aromatic heterocycles. The molecule has 2 fully saturated rings. The van der Waals surface area contributed by atoms with Crippen LogP contribution in [-0.4, -0.2) is 40.4 Å². The summed E-state index contributed by atoms with van der Waals surface area (Å²) in [6.45, 7) is 8.64. The predicted octanol–water partition coefficient (Wildman–Crippen LogP) is 6.83. The number of piperidine rings is 1. The molecule has 2 aromatic rings. The van der Waals surface area contributed by atoms with E-state index in [4.69, 9.17) is 37.2 Å². The molecule has 0 N–H and O–H groups in total. The Hall–Kier alpha value is -1.76. The molecule has 0 radical (unpaired) electrons. The molecule has 2 atom stereocenters. The van der Waals surface area contributed by atoms with Crippen LogP contribution in [-0.2, 0) is 16.1 Å². The molecule has 2 heterocycles. The number of halogens is 2. The van der Waals surface area contributed by atoms with Crippen LogP contribution in [0.1, 0.15) is 70.6 Å². The van der Waals surface area contributed by atoms with Crippen LogP contribution in [0.4, 0.5) is 4.79 Å². The van der Waals surface area contributed by atoms with Crippen molar-refractivity contribution in [1.29, 1.82) is 0 Å². The first-order chi connectivity index (χ1) is 15.1. The summed E-state index contributed by atoms with van der Waals surface area (Å²) in [4.78, 5) is 14.3. The fraction of sp³-hybridized carbons (Fsp3) is 0.583. The van der Waals surface area contributed by atoms with Gasteiger partial charge in [-0.2, -0.15) is 0 Å².